The topological polar surface area (TPSA) is 43.6 Å². The third-order valence-electron chi connectivity index (χ3n) is 2.61. The minimum atomic E-state index is -4.57. The van der Waals surface area contributed by atoms with Gasteiger partial charge in [-0.2, -0.15) is 13.2 Å². The van der Waals surface area contributed by atoms with Crippen LogP contribution >= 0.6 is 45.5 Å². The maximum atomic E-state index is 13.1. The van der Waals surface area contributed by atoms with Gasteiger partial charge < -0.3 is 0 Å². The van der Waals surface area contributed by atoms with Gasteiger partial charge in [0.2, 0.25) is 5.95 Å². The van der Waals surface area contributed by atoms with Crippen LogP contribution in [0.25, 0.3) is 16.5 Å². The van der Waals surface area contributed by atoms with Gasteiger partial charge in [0.1, 0.15) is 10.0 Å². The van der Waals surface area contributed by atoms with Crippen molar-refractivity contribution < 1.29 is 13.2 Å². The first-order valence-electron chi connectivity index (χ1n) is 5.75. The summed E-state index contributed by atoms with van der Waals surface area (Å²) in [5, 5.41) is 0. The van der Waals surface area contributed by atoms with Crippen molar-refractivity contribution in [2.75, 3.05) is 0 Å². The molecule has 3 aromatic rings. The molecule has 0 fully saturated rings. The molecule has 114 valence electrons. The lowest BCUT2D eigenvalue weighted by molar-refractivity contribution is -0.141. The Kier molecular flexibility index (Phi) is 4.12. The van der Waals surface area contributed by atoms with Crippen LogP contribution in [-0.2, 0) is 6.18 Å². The second-order valence-electron chi connectivity index (χ2n) is 4.14. The number of alkyl halides is 3. The van der Waals surface area contributed by atoms with Gasteiger partial charge in [0.05, 0.1) is 14.9 Å². The molecule has 0 amide bonds. The van der Waals surface area contributed by atoms with Gasteiger partial charge in [-0.15, -0.1) is 11.3 Å². The van der Waals surface area contributed by atoms with Crippen molar-refractivity contribution in [2.45, 2.75) is 6.18 Å². The van der Waals surface area contributed by atoms with Crippen LogP contribution in [0, 0.1) is 3.70 Å². The van der Waals surface area contributed by atoms with Gasteiger partial charge in [0.15, 0.2) is 5.69 Å². The summed E-state index contributed by atoms with van der Waals surface area (Å²) < 4.78 is 41.6. The molecule has 3 rings (SSSR count). The Morgan fingerprint density at radius 3 is 2.55 bits per heavy atom. The van der Waals surface area contributed by atoms with Gasteiger partial charge in [-0.3, -0.25) is 4.57 Å². The summed E-state index contributed by atoms with van der Waals surface area (Å²) in [5.74, 6) is -0.0928. The van der Waals surface area contributed by atoms with E-state index in [1.165, 1.54) is 10.9 Å². The van der Waals surface area contributed by atoms with Crippen LogP contribution in [0.2, 0.25) is 4.34 Å². The van der Waals surface area contributed by atoms with Crippen molar-refractivity contribution in [1.29, 1.82) is 0 Å². The van der Waals surface area contributed by atoms with E-state index < -0.39 is 11.9 Å². The van der Waals surface area contributed by atoms with E-state index in [0.29, 0.717) is 12.9 Å². The normalized spacial score (nSPS) is 11.9. The number of rotatable bonds is 2. The molecule has 3 aromatic heterocycles. The average Bonchev–Trinajstić information content (AvgIpc) is 3.06. The van der Waals surface area contributed by atoms with Gasteiger partial charge in [-0.25, -0.2) is 15.0 Å². The summed E-state index contributed by atoms with van der Waals surface area (Å²) in [6, 6.07) is 4.14. The highest BCUT2D eigenvalue weighted by molar-refractivity contribution is 14.1. The van der Waals surface area contributed by atoms with Gasteiger partial charge in [0, 0.05) is 6.20 Å². The molecular weight excluding hydrogens is 452 g/mol. The Morgan fingerprint density at radius 2 is 2.00 bits per heavy atom. The molecule has 0 unspecified atom stereocenters. The van der Waals surface area contributed by atoms with Crippen LogP contribution in [0.5, 0.6) is 0 Å². The summed E-state index contributed by atoms with van der Waals surface area (Å²) in [7, 11) is 0. The minimum absolute atomic E-state index is 0.0928. The molecule has 0 saturated carbocycles. The van der Waals surface area contributed by atoms with Crippen LogP contribution in [0.4, 0.5) is 13.2 Å². The number of halogens is 5. The molecule has 4 nitrogen and oxygen atoms in total. The van der Waals surface area contributed by atoms with Crippen molar-refractivity contribution >= 4 is 45.5 Å². The van der Waals surface area contributed by atoms with Crippen LogP contribution in [0.15, 0.2) is 30.7 Å². The molecule has 0 aliphatic heterocycles. The zero-order chi connectivity index (χ0) is 15.9. The molecule has 0 N–H and O–H groups in total. The lowest BCUT2D eigenvalue weighted by Crippen LogP contribution is -2.12. The van der Waals surface area contributed by atoms with Crippen LogP contribution in [0.1, 0.15) is 5.69 Å². The van der Waals surface area contributed by atoms with Crippen molar-refractivity contribution in [2.24, 2.45) is 0 Å². The average molecular weight is 457 g/mol. The number of aromatic nitrogens is 4. The summed E-state index contributed by atoms with van der Waals surface area (Å²) >= 11 is 8.94. The van der Waals surface area contributed by atoms with Crippen molar-refractivity contribution in [3.05, 3.63) is 44.5 Å². The maximum Gasteiger partial charge on any atom is 0.433 e. The SMILES string of the molecule is FC(F)(F)c1cc(-c2ccc(Cl)s2)nc(-n2cnc(I)c2)n1. The lowest BCUT2D eigenvalue weighted by Gasteiger charge is -2.09. The molecule has 0 aromatic carbocycles. The van der Waals surface area contributed by atoms with E-state index in [1.807, 2.05) is 22.6 Å². The third kappa shape index (κ3) is 3.25. The van der Waals surface area contributed by atoms with Crippen molar-refractivity contribution in [3.8, 4) is 16.5 Å². The molecule has 0 bridgehead atoms. The second kappa shape index (κ2) is 5.78. The van der Waals surface area contributed by atoms with E-state index >= 15 is 0 Å². The molecule has 0 radical (unpaired) electrons. The fourth-order valence-electron chi connectivity index (χ4n) is 1.68. The molecule has 0 saturated heterocycles. The minimum Gasteiger partial charge on any atom is -0.273 e. The molecule has 10 heteroatoms. The summed E-state index contributed by atoms with van der Waals surface area (Å²) in [6.45, 7) is 0. The number of nitrogens with zero attached hydrogens (tertiary/aromatic N) is 4. The Bertz CT molecular complexity index is 771. The Morgan fingerprint density at radius 1 is 1.23 bits per heavy atom. The summed E-state index contributed by atoms with van der Waals surface area (Å²) in [6.07, 6.45) is -1.66. The van der Waals surface area contributed by atoms with E-state index in [2.05, 4.69) is 15.0 Å². The molecular formula is C12H5ClF3IN4S. The van der Waals surface area contributed by atoms with Crippen molar-refractivity contribution in [3.63, 3.8) is 0 Å². The maximum absolute atomic E-state index is 13.1. The first kappa shape index (κ1) is 15.7. The largest absolute Gasteiger partial charge is 0.433 e. The highest BCUT2D eigenvalue weighted by atomic mass is 127. The Labute approximate surface area is 145 Å². The van der Waals surface area contributed by atoms with Crippen LogP contribution in [-0.4, -0.2) is 19.5 Å². The summed E-state index contributed by atoms with van der Waals surface area (Å²) in [5.41, 5.74) is -0.848. The fraction of sp³-hybridized carbons (Fsp3) is 0.0833. The van der Waals surface area contributed by atoms with Gasteiger partial charge in [0.25, 0.3) is 0 Å². The monoisotopic (exact) mass is 456 g/mol. The van der Waals surface area contributed by atoms with E-state index in [0.717, 1.165) is 17.4 Å². The molecule has 0 aliphatic rings. The third-order valence-corrected chi connectivity index (χ3v) is 4.42. The molecule has 0 aliphatic carbocycles. The molecule has 3 heterocycles. The predicted molar refractivity (Wildman–Crippen MR) is 85.2 cm³/mol. The van der Waals surface area contributed by atoms with Crippen molar-refractivity contribution in [1.82, 2.24) is 19.5 Å². The zero-order valence-corrected chi connectivity index (χ0v) is 14.2. The molecule has 0 atom stereocenters. The zero-order valence-electron chi connectivity index (χ0n) is 10.5. The smallest absolute Gasteiger partial charge is 0.273 e. The van der Waals surface area contributed by atoms with E-state index in [1.54, 1.807) is 18.3 Å². The van der Waals surface area contributed by atoms with E-state index in [-0.39, 0.29) is 11.6 Å². The molecule has 22 heavy (non-hydrogen) atoms. The summed E-state index contributed by atoms with van der Waals surface area (Å²) in [4.78, 5) is 12.2. The lowest BCUT2D eigenvalue weighted by atomic mass is 10.3. The predicted octanol–water partition coefficient (Wildman–Crippen LogP) is 4.67. The van der Waals surface area contributed by atoms with E-state index in [9.17, 15) is 13.2 Å². The number of imidazole rings is 1. The number of hydrogen-bond donors (Lipinski definition) is 0. The second-order valence-corrected chi connectivity index (χ2v) is 6.96. The number of hydrogen-bond acceptors (Lipinski definition) is 4. The van der Waals surface area contributed by atoms with Gasteiger partial charge >= 0.3 is 6.18 Å². The Balaban J connectivity index is 2.18. The Hall–Kier alpha value is -1.20. The first-order chi connectivity index (χ1) is 10.3. The van der Waals surface area contributed by atoms with Gasteiger partial charge in [-0.05, 0) is 40.8 Å². The number of thiophene rings is 1. The van der Waals surface area contributed by atoms with Crippen LogP contribution in [0.3, 0.4) is 0 Å². The van der Waals surface area contributed by atoms with E-state index in [4.69, 9.17) is 11.6 Å². The standard InChI is InChI=1S/C12H5ClF3IN4S/c13-9-2-1-7(22-9)6-3-8(12(14,15)16)20-11(19-6)21-4-10(17)18-5-21/h1-5H. The highest BCUT2D eigenvalue weighted by Crippen LogP contribution is 2.34. The fourth-order valence-corrected chi connectivity index (χ4v) is 3.11. The highest BCUT2D eigenvalue weighted by Gasteiger charge is 2.34. The first-order valence-corrected chi connectivity index (χ1v) is 8.02. The quantitative estimate of drug-likeness (QED) is 0.527. The van der Waals surface area contributed by atoms with Crippen LogP contribution < -0.4 is 0 Å². The molecule has 0 spiro atoms. The van der Waals surface area contributed by atoms with Gasteiger partial charge in [-0.1, -0.05) is 11.6 Å².